The summed E-state index contributed by atoms with van der Waals surface area (Å²) in [6, 6.07) is 0. The molecule has 0 saturated carbocycles. The fourth-order valence-corrected chi connectivity index (χ4v) is 1.43. The molecule has 0 saturated heterocycles. The summed E-state index contributed by atoms with van der Waals surface area (Å²) >= 11 is 0. The average molecular weight is 205 g/mol. The van der Waals surface area contributed by atoms with E-state index in [2.05, 4.69) is 25.3 Å². The summed E-state index contributed by atoms with van der Waals surface area (Å²) in [5.74, 6) is 0.959. The Kier molecular flexibility index (Phi) is 3.14. The van der Waals surface area contributed by atoms with Crippen LogP contribution in [0.1, 0.15) is 17.2 Å². The van der Waals surface area contributed by atoms with Crippen LogP contribution in [0, 0.1) is 6.92 Å². The lowest BCUT2D eigenvalue weighted by molar-refractivity contribution is 0.671. The molecule has 2 aromatic heterocycles. The van der Waals surface area contributed by atoms with Crippen LogP contribution in [-0.2, 0) is 13.0 Å². The van der Waals surface area contributed by atoms with Gasteiger partial charge in [-0.2, -0.15) is 0 Å². The van der Waals surface area contributed by atoms with Crippen molar-refractivity contribution in [1.82, 2.24) is 25.3 Å². The van der Waals surface area contributed by atoms with Crippen molar-refractivity contribution in [3.05, 3.63) is 35.9 Å². The van der Waals surface area contributed by atoms with E-state index in [0.717, 1.165) is 36.7 Å². The summed E-state index contributed by atoms with van der Waals surface area (Å²) < 4.78 is 0. The molecule has 5 nitrogen and oxygen atoms in total. The van der Waals surface area contributed by atoms with Gasteiger partial charge in [0.1, 0.15) is 5.82 Å². The van der Waals surface area contributed by atoms with E-state index in [9.17, 15) is 0 Å². The maximum Gasteiger partial charge on any atom is 0.103 e. The molecule has 0 atom stereocenters. The van der Waals surface area contributed by atoms with Crippen molar-refractivity contribution in [1.29, 1.82) is 0 Å². The number of nitrogens with one attached hydrogen (secondary N) is 3. The Bertz CT molecular complexity index is 390. The number of aromatic amines is 2. The molecule has 0 fully saturated rings. The first-order chi connectivity index (χ1) is 7.34. The monoisotopic (exact) mass is 205 g/mol. The Hall–Kier alpha value is -1.62. The third kappa shape index (κ3) is 2.92. The number of hydrogen-bond donors (Lipinski definition) is 3. The Morgan fingerprint density at radius 1 is 1.33 bits per heavy atom. The molecular weight excluding hydrogens is 190 g/mol. The average Bonchev–Trinajstić information content (AvgIpc) is 2.84. The highest BCUT2D eigenvalue weighted by Crippen LogP contribution is 1.95. The second-order valence-corrected chi connectivity index (χ2v) is 3.50. The van der Waals surface area contributed by atoms with Crippen LogP contribution in [-0.4, -0.2) is 26.5 Å². The highest BCUT2D eigenvalue weighted by Gasteiger charge is 1.96. The molecule has 15 heavy (non-hydrogen) atoms. The lowest BCUT2D eigenvalue weighted by atomic mass is 10.3. The van der Waals surface area contributed by atoms with Gasteiger partial charge in [0.25, 0.3) is 0 Å². The molecule has 0 aliphatic heterocycles. The molecule has 2 aromatic rings. The number of H-pyrrole nitrogens is 2. The number of hydrogen-bond acceptors (Lipinski definition) is 3. The molecule has 0 aliphatic rings. The van der Waals surface area contributed by atoms with Gasteiger partial charge in [0.15, 0.2) is 0 Å². The molecular formula is C10H15N5. The quantitative estimate of drug-likeness (QED) is 0.632. The SMILES string of the molecule is Cc1ncc(CNCCc2cnc[nH]2)[nH]1. The minimum Gasteiger partial charge on any atom is -0.348 e. The van der Waals surface area contributed by atoms with Crippen molar-refractivity contribution in [3.63, 3.8) is 0 Å². The smallest absolute Gasteiger partial charge is 0.103 e. The predicted molar refractivity (Wildman–Crippen MR) is 57.3 cm³/mol. The normalized spacial score (nSPS) is 10.7. The van der Waals surface area contributed by atoms with Gasteiger partial charge >= 0.3 is 0 Å². The third-order valence-electron chi connectivity index (χ3n) is 2.20. The van der Waals surface area contributed by atoms with Gasteiger partial charge in [-0.1, -0.05) is 0 Å². The molecule has 0 bridgehead atoms. The third-order valence-corrected chi connectivity index (χ3v) is 2.20. The predicted octanol–water partition coefficient (Wildman–Crippen LogP) is 0.774. The van der Waals surface area contributed by atoms with Crippen LogP contribution in [0.3, 0.4) is 0 Å². The van der Waals surface area contributed by atoms with Crippen molar-refractivity contribution in [2.75, 3.05) is 6.54 Å². The second-order valence-electron chi connectivity index (χ2n) is 3.50. The Balaban J connectivity index is 1.67. The van der Waals surface area contributed by atoms with Crippen LogP contribution in [0.25, 0.3) is 0 Å². The molecule has 80 valence electrons. The molecule has 2 heterocycles. The molecule has 0 aliphatic carbocycles. The Morgan fingerprint density at radius 2 is 2.27 bits per heavy atom. The molecule has 2 rings (SSSR count). The number of nitrogens with zero attached hydrogens (tertiary/aromatic N) is 2. The van der Waals surface area contributed by atoms with Gasteiger partial charge in [0, 0.05) is 43.3 Å². The summed E-state index contributed by atoms with van der Waals surface area (Å²) in [5.41, 5.74) is 2.28. The summed E-state index contributed by atoms with van der Waals surface area (Å²) in [4.78, 5) is 14.3. The summed E-state index contributed by atoms with van der Waals surface area (Å²) in [6.07, 6.45) is 6.38. The first-order valence-corrected chi connectivity index (χ1v) is 5.03. The van der Waals surface area contributed by atoms with E-state index in [1.807, 2.05) is 19.3 Å². The van der Waals surface area contributed by atoms with E-state index >= 15 is 0 Å². The molecule has 0 aromatic carbocycles. The highest BCUT2D eigenvalue weighted by atomic mass is 15.0. The zero-order valence-electron chi connectivity index (χ0n) is 8.75. The first kappa shape index (κ1) is 9.92. The molecule has 3 N–H and O–H groups in total. The van der Waals surface area contributed by atoms with E-state index in [4.69, 9.17) is 0 Å². The summed E-state index contributed by atoms with van der Waals surface area (Å²) in [7, 11) is 0. The second kappa shape index (κ2) is 4.75. The molecule has 0 amide bonds. The van der Waals surface area contributed by atoms with Crippen molar-refractivity contribution in [3.8, 4) is 0 Å². The maximum absolute atomic E-state index is 4.13. The molecule has 0 spiro atoms. The van der Waals surface area contributed by atoms with E-state index in [0.29, 0.717) is 0 Å². The van der Waals surface area contributed by atoms with Gasteiger partial charge < -0.3 is 15.3 Å². The van der Waals surface area contributed by atoms with Gasteiger partial charge in [-0.3, -0.25) is 0 Å². The molecule has 0 unspecified atom stereocenters. The van der Waals surface area contributed by atoms with E-state index in [1.165, 1.54) is 0 Å². The van der Waals surface area contributed by atoms with Gasteiger partial charge in [0.2, 0.25) is 0 Å². The van der Waals surface area contributed by atoms with Crippen molar-refractivity contribution in [2.45, 2.75) is 19.9 Å². The zero-order valence-corrected chi connectivity index (χ0v) is 8.75. The number of aromatic nitrogens is 4. The van der Waals surface area contributed by atoms with Crippen LogP contribution in [0.2, 0.25) is 0 Å². The van der Waals surface area contributed by atoms with E-state index in [1.54, 1.807) is 6.33 Å². The number of aryl methyl sites for hydroxylation is 1. The van der Waals surface area contributed by atoms with Crippen LogP contribution in [0.15, 0.2) is 18.7 Å². The standard InChI is InChI=1S/C10H15N5/c1-8-13-6-10(15-8)5-11-3-2-9-4-12-7-14-9/h4,6-7,11H,2-3,5H2,1H3,(H,12,14)(H,13,15). The highest BCUT2D eigenvalue weighted by molar-refractivity contribution is 4.99. The summed E-state index contributed by atoms with van der Waals surface area (Å²) in [5, 5.41) is 3.33. The van der Waals surface area contributed by atoms with Crippen molar-refractivity contribution in [2.24, 2.45) is 0 Å². The van der Waals surface area contributed by atoms with Crippen molar-refractivity contribution >= 4 is 0 Å². The minimum atomic E-state index is 0.828. The lowest BCUT2D eigenvalue weighted by Gasteiger charge is -2.00. The summed E-state index contributed by atoms with van der Waals surface area (Å²) in [6.45, 7) is 3.71. The maximum atomic E-state index is 4.13. The van der Waals surface area contributed by atoms with Gasteiger partial charge in [-0.25, -0.2) is 9.97 Å². The Morgan fingerprint density at radius 3 is 2.93 bits per heavy atom. The van der Waals surface area contributed by atoms with Crippen molar-refractivity contribution < 1.29 is 0 Å². The first-order valence-electron chi connectivity index (χ1n) is 5.03. The van der Waals surface area contributed by atoms with Crippen LogP contribution < -0.4 is 5.32 Å². The van der Waals surface area contributed by atoms with E-state index in [-0.39, 0.29) is 0 Å². The fourth-order valence-electron chi connectivity index (χ4n) is 1.43. The topological polar surface area (TPSA) is 69.4 Å². The van der Waals surface area contributed by atoms with Gasteiger partial charge in [-0.05, 0) is 6.92 Å². The van der Waals surface area contributed by atoms with Crippen LogP contribution >= 0.6 is 0 Å². The molecule has 5 heteroatoms. The van der Waals surface area contributed by atoms with Crippen LogP contribution in [0.5, 0.6) is 0 Å². The molecule has 0 radical (unpaired) electrons. The largest absolute Gasteiger partial charge is 0.348 e. The van der Waals surface area contributed by atoms with Crippen LogP contribution in [0.4, 0.5) is 0 Å². The lowest BCUT2D eigenvalue weighted by Crippen LogP contribution is -2.17. The zero-order chi connectivity index (χ0) is 10.5. The van der Waals surface area contributed by atoms with Gasteiger partial charge in [-0.15, -0.1) is 0 Å². The fraction of sp³-hybridized carbons (Fsp3) is 0.400. The number of rotatable bonds is 5. The Labute approximate surface area is 88.4 Å². The number of imidazole rings is 2. The minimum absolute atomic E-state index is 0.828. The van der Waals surface area contributed by atoms with E-state index < -0.39 is 0 Å². The van der Waals surface area contributed by atoms with Gasteiger partial charge in [0.05, 0.1) is 6.33 Å².